The Balaban J connectivity index is 1.81. The van der Waals surface area contributed by atoms with Gasteiger partial charge in [-0.25, -0.2) is 14.5 Å². The van der Waals surface area contributed by atoms with Crippen molar-refractivity contribution in [2.75, 3.05) is 26.7 Å². The summed E-state index contributed by atoms with van der Waals surface area (Å²) in [6.07, 6.45) is 2.49. The molecule has 0 aliphatic carbocycles. The zero-order valence-corrected chi connectivity index (χ0v) is 18.1. The van der Waals surface area contributed by atoms with E-state index in [1.54, 1.807) is 11.9 Å². The van der Waals surface area contributed by atoms with Gasteiger partial charge in [-0.2, -0.15) is 5.10 Å². The van der Waals surface area contributed by atoms with E-state index in [1.165, 1.54) is 0 Å². The van der Waals surface area contributed by atoms with Crippen LogP contribution in [0.25, 0.3) is 0 Å². The maximum absolute atomic E-state index is 12.3. The van der Waals surface area contributed by atoms with Crippen molar-refractivity contribution in [2.45, 2.75) is 72.1 Å². The highest BCUT2D eigenvalue weighted by Crippen LogP contribution is 2.13. The van der Waals surface area contributed by atoms with Crippen LogP contribution in [-0.2, 0) is 17.7 Å². The second-order valence-corrected chi connectivity index (χ2v) is 8.10. The van der Waals surface area contributed by atoms with Gasteiger partial charge in [-0.05, 0) is 40.5 Å². The predicted molar refractivity (Wildman–Crippen MR) is 109 cm³/mol. The fraction of sp³-hybridized carbons (Fsp3) is 0.789. The SMILES string of the molecule is CCCN(CCNC(=NC)NC1CCc2nc(C)nn2C1)C(=O)OC(C)(C)C. The summed E-state index contributed by atoms with van der Waals surface area (Å²) in [7, 11) is 1.75. The number of fused-ring (bicyclic) bond motifs is 1. The molecule has 1 aromatic rings. The molecular formula is C19H35N7O2. The van der Waals surface area contributed by atoms with E-state index in [0.717, 1.165) is 43.4 Å². The second-order valence-electron chi connectivity index (χ2n) is 8.10. The lowest BCUT2D eigenvalue weighted by molar-refractivity contribution is 0.0253. The minimum absolute atomic E-state index is 0.248. The van der Waals surface area contributed by atoms with E-state index >= 15 is 0 Å². The van der Waals surface area contributed by atoms with Crippen molar-refractivity contribution < 1.29 is 9.53 Å². The molecule has 0 aromatic carbocycles. The average Bonchev–Trinajstić information content (AvgIpc) is 2.97. The molecule has 1 aliphatic rings. The van der Waals surface area contributed by atoms with Crippen LogP contribution in [0, 0.1) is 6.92 Å². The van der Waals surface area contributed by atoms with Crippen molar-refractivity contribution in [1.82, 2.24) is 30.3 Å². The average molecular weight is 394 g/mol. The highest BCUT2D eigenvalue weighted by molar-refractivity contribution is 5.80. The number of nitrogens with one attached hydrogen (secondary N) is 2. The molecule has 1 amide bonds. The zero-order valence-electron chi connectivity index (χ0n) is 18.1. The van der Waals surface area contributed by atoms with Crippen molar-refractivity contribution in [1.29, 1.82) is 0 Å². The molecule has 1 atom stereocenters. The monoisotopic (exact) mass is 393 g/mol. The standard InChI is InChI=1S/C19H35N7O2/c1-7-11-25(18(27)28-19(3,4)5)12-10-21-17(20-6)23-15-8-9-16-22-14(2)24-26(16)13-15/h15H,7-13H2,1-6H3,(H2,20,21,23). The van der Waals surface area contributed by atoms with E-state index in [2.05, 4.69) is 32.6 Å². The largest absolute Gasteiger partial charge is 0.444 e. The highest BCUT2D eigenvalue weighted by atomic mass is 16.6. The van der Waals surface area contributed by atoms with Crippen molar-refractivity contribution >= 4 is 12.1 Å². The first kappa shape index (κ1) is 22.0. The van der Waals surface area contributed by atoms with Crippen LogP contribution < -0.4 is 10.6 Å². The molecule has 0 bridgehead atoms. The van der Waals surface area contributed by atoms with Crippen LogP contribution in [0.2, 0.25) is 0 Å². The summed E-state index contributed by atoms with van der Waals surface area (Å²) >= 11 is 0. The lowest BCUT2D eigenvalue weighted by Gasteiger charge is -2.28. The molecule has 2 rings (SSSR count). The fourth-order valence-corrected chi connectivity index (χ4v) is 3.14. The zero-order chi connectivity index (χ0) is 20.7. The molecule has 0 spiro atoms. The number of guanidine groups is 1. The number of carbonyl (C=O) groups is 1. The van der Waals surface area contributed by atoms with Crippen LogP contribution >= 0.6 is 0 Å². The number of carbonyl (C=O) groups excluding carboxylic acids is 1. The van der Waals surface area contributed by atoms with Gasteiger partial charge in [-0.3, -0.25) is 4.99 Å². The molecule has 1 aliphatic heterocycles. The fourth-order valence-electron chi connectivity index (χ4n) is 3.14. The quantitative estimate of drug-likeness (QED) is 0.564. The summed E-state index contributed by atoms with van der Waals surface area (Å²) < 4.78 is 7.46. The summed E-state index contributed by atoms with van der Waals surface area (Å²) in [5.74, 6) is 2.59. The third-order valence-corrected chi connectivity index (χ3v) is 4.35. The number of rotatable bonds is 6. The van der Waals surface area contributed by atoms with Crippen LogP contribution in [0.4, 0.5) is 4.79 Å². The molecule has 0 radical (unpaired) electrons. The van der Waals surface area contributed by atoms with Gasteiger partial charge in [0, 0.05) is 39.1 Å². The molecule has 158 valence electrons. The normalized spacial score (nSPS) is 17.1. The molecule has 1 aromatic heterocycles. The minimum Gasteiger partial charge on any atom is -0.444 e. The Morgan fingerprint density at radius 2 is 2.14 bits per heavy atom. The van der Waals surface area contributed by atoms with E-state index in [1.807, 2.05) is 32.4 Å². The molecule has 2 heterocycles. The Morgan fingerprint density at radius 1 is 1.39 bits per heavy atom. The van der Waals surface area contributed by atoms with Crippen molar-refractivity contribution in [3.63, 3.8) is 0 Å². The van der Waals surface area contributed by atoms with E-state index in [9.17, 15) is 4.79 Å². The third kappa shape index (κ3) is 6.69. The molecule has 0 fully saturated rings. The Morgan fingerprint density at radius 3 is 2.79 bits per heavy atom. The maximum atomic E-state index is 12.3. The van der Waals surface area contributed by atoms with Gasteiger partial charge < -0.3 is 20.3 Å². The van der Waals surface area contributed by atoms with Crippen LogP contribution in [0.5, 0.6) is 0 Å². The van der Waals surface area contributed by atoms with Gasteiger partial charge in [-0.15, -0.1) is 0 Å². The number of ether oxygens (including phenoxy) is 1. The van der Waals surface area contributed by atoms with Crippen LogP contribution in [-0.4, -0.2) is 70.0 Å². The maximum Gasteiger partial charge on any atom is 0.410 e. The van der Waals surface area contributed by atoms with Crippen molar-refractivity contribution in [2.24, 2.45) is 4.99 Å². The number of amides is 1. The van der Waals surface area contributed by atoms with E-state index in [-0.39, 0.29) is 12.1 Å². The van der Waals surface area contributed by atoms with Gasteiger partial charge in [-0.1, -0.05) is 6.92 Å². The van der Waals surface area contributed by atoms with E-state index in [4.69, 9.17) is 4.74 Å². The number of aromatic nitrogens is 3. The van der Waals surface area contributed by atoms with Crippen molar-refractivity contribution in [3.8, 4) is 0 Å². The van der Waals surface area contributed by atoms with Gasteiger partial charge >= 0.3 is 6.09 Å². The summed E-state index contributed by atoms with van der Waals surface area (Å²) in [5, 5.41) is 11.2. The summed E-state index contributed by atoms with van der Waals surface area (Å²) in [4.78, 5) is 22.8. The number of hydrogen-bond donors (Lipinski definition) is 2. The second kappa shape index (κ2) is 9.75. The first-order valence-corrected chi connectivity index (χ1v) is 10.1. The lowest BCUT2D eigenvalue weighted by atomic mass is 10.1. The molecular weight excluding hydrogens is 358 g/mol. The highest BCUT2D eigenvalue weighted by Gasteiger charge is 2.23. The molecule has 0 saturated carbocycles. The van der Waals surface area contributed by atoms with Gasteiger partial charge in [0.2, 0.25) is 0 Å². The van der Waals surface area contributed by atoms with E-state index < -0.39 is 5.60 Å². The van der Waals surface area contributed by atoms with Crippen molar-refractivity contribution in [3.05, 3.63) is 11.6 Å². The number of nitrogens with zero attached hydrogens (tertiary/aromatic N) is 5. The van der Waals surface area contributed by atoms with E-state index in [0.29, 0.717) is 19.6 Å². The Kier molecular flexibility index (Phi) is 7.65. The summed E-state index contributed by atoms with van der Waals surface area (Å²) in [6.45, 7) is 12.2. The number of aryl methyl sites for hydroxylation is 2. The molecule has 28 heavy (non-hydrogen) atoms. The van der Waals surface area contributed by atoms with Gasteiger partial charge in [0.1, 0.15) is 17.2 Å². The molecule has 9 nitrogen and oxygen atoms in total. The first-order chi connectivity index (χ1) is 13.2. The third-order valence-electron chi connectivity index (χ3n) is 4.35. The summed E-state index contributed by atoms with van der Waals surface area (Å²) in [6, 6.07) is 0.248. The lowest BCUT2D eigenvalue weighted by Crippen LogP contribution is -2.49. The minimum atomic E-state index is -0.492. The summed E-state index contributed by atoms with van der Waals surface area (Å²) in [5.41, 5.74) is -0.492. The van der Waals surface area contributed by atoms with Gasteiger partial charge in [0.05, 0.1) is 6.54 Å². The Hall–Kier alpha value is -2.32. The molecule has 1 unspecified atom stereocenters. The first-order valence-electron chi connectivity index (χ1n) is 10.1. The Bertz CT molecular complexity index is 678. The molecule has 0 saturated heterocycles. The number of hydrogen-bond acceptors (Lipinski definition) is 5. The Labute approximate surface area is 167 Å². The predicted octanol–water partition coefficient (Wildman–Crippen LogP) is 1.71. The van der Waals surface area contributed by atoms with Gasteiger partial charge in [0.15, 0.2) is 5.96 Å². The topological polar surface area (TPSA) is 96.7 Å². The molecule has 2 N–H and O–H groups in total. The molecule has 9 heteroatoms. The van der Waals surface area contributed by atoms with Gasteiger partial charge in [0.25, 0.3) is 0 Å². The smallest absolute Gasteiger partial charge is 0.410 e. The number of aliphatic imine (C=N–C) groups is 1. The van der Waals surface area contributed by atoms with Crippen LogP contribution in [0.15, 0.2) is 4.99 Å². The van der Waals surface area contributed by atoms with Crippen LogP contribution in [0.3, 0.4) is 0 Å². The van der Waals surface area contributed by atoms with Crippen LogP contribution in [0.1, 0.15) is 52.2 Å².